The van der Waals surface area contributed by atoms with Crippen LogP contribution < -0.4 is 11.1 Å². The zero-order chi connectivity index (χ0) is 15.1. The lowest BCUT2D eigenvalue weighted by molar-refractivity contribution is -0.137. The van der Waals surface area contributed by atoms with Crippen molar-refractivity contribution in [1.82, 2.24) is 20.0 Å². The van der Waals surface area contributed by atoms with Gasteiger partial charge in [-0.3, -0.25) is 14.3 Å². The minimum absolute atomic E-state index is 0. The molecule has 0 spiro atoms. The monoisotopic (exact) mass is 353 g/mol. The molecule has 3 N–H and O–H groups in total. The average molecular weight is 354 g/mol. The van der Waals surface area contributed by atoms with Crippen molar-refractivity contribution in [1.29, 1.82) is 0 Å². The van der Waals surface area contributed by atoms with Crippen LogP contribution in [0.5, 0.6) is 0 Å². The highest BCUT2D eigenvalue weighted by Gasteiger charge is 2.21. The number of aromatic nitrogens is 2. The van der Waals surface area contributed by atoms with Crippen molar-refractivity contribution in [3.63, 3.8) is 0 Å². The van der Waals surface area contributed by atoms with Crippen LogP contribution in [0, 0.1) is 5.92 Å². The maximum absolute atomic E-state index is 12.1. The van der Waals surface area contributed by atoms with Crippen molar-refractivity contribution in [2.75, 3.05) is 26.7 Å². The van der Waals surface area contributed by atoms with Crippen molar-refractivity contribution >= 4 is 36.6 Å². The third-order valence-electron chi connectivity index (χ3n) is 3.09. The topological polar surface area (TPSA) is 93.3 Å². The summed E-state index contributed by atoms with van der Waals surface area (Å²) in [6.07, 6.45) is 3.34. The second-order valence-corrected chi connectivity index (χ2v) is 5.00. The van der Waals surface area contributed by atoms with Crippen LogP contribution in [0.3, 0.4) is 0 Å². The first-order valence-corrected chi connectivity index (χ1v) is 6.66. The fraction of sp³-hybridized carbons (Fsp3) is 0.615. The number of rotatable bonds is 7. The van der Waals surface area contributed by atoms with Crippen molar-refractivity contribution in [2.45, 2.75) is 19.9 Å². The lowest BCUT2D eigenvalue weighted by Crippen LogP contribution is -2.42. The summed E-state index contributed by atoms with van der Waals surface area (Å²) in [6, 6.07) is 1.33. The number of likely N-dealkylation sites (N-methyl/N-ethyl adjacent to an activating group) is 1. The molecule has 0 radical (unpaired) electrons. The van der Waals surface area contributed by atoms with Crippen LogP contribution in [-0.4, -0.2) is 53.2 Å². The molecule has 1 aromatic heterocycles. The van der Waals surface area contributed by atoms with Gasteiger partial charge in [0, 0.05) is 26.0 Å². The summed E-state index contributed by atoms with van der Waals surface area (Å²) < 4.78 is 1.56. The molecular weight excluding hydrogens is 329 g/mol. The molecule has 7 nitrogen and oxygen atoms in total. The molecule has 0 aliphatic carbocycles. The second-order valence-electron chi connectivity index (χ2n) is 5.00. The fourth-order valence-corrected chi connectivity index (χ4v) is 1.66. The smallest absolute Gasteiger partial charge is 0.247 e. The Bertz CT molecular complexity index is 442. The Morgan fingerprint density at radius 2 is 2.00 bits per heavy atom. The maximum atomic E-state index is 12.1. The number of halogens is 2. The summed E-state index contributed by atoms with van der Waals surface area (Å²) >= 11 is 0. The van der Waals surface area contributed by atoms with E-state index in [1.54, 1.807) is 37.1 Å². The van der Waals surface area contributed by atoms with Gasteiger partial charge in [-0.1, -0.05) is 6.92 Å². The molecule has 0 aromatic carbocycles. The van der Waals surface area contributed by atoms with E-state index in [-0.39, 0.29) is 49.1 Å². The lowest BCUT2D eigenvalue weighted by atomic mass is 10.2. The number of amides is 2. The quantitative estimate of drug-likeness (QED) is 0.744. The van der Waals surface area contributed by atoms with E-state index in [2.05, 4.69) is 10.4 Å². The first-order valence-electron chi connectivity index (χ1n) is 6.66. The zero-order valence-corrected chi connectivity index (χ0v) is 14.7. The van der Waals surface area contributed by atoms with Gasteiger partial charge < -0.3 is 16.0 Å². The Morgan fingerprint density at radius 3 is 2.50 bits per heavy atom. The molecule has 0 aliphatic heterocycles. The number of hydrogen-bond donors (Lipinski definition) is 2. The third kappa shape index (κ3) is 7.11. The molecule has 0 saturated heterocycles. The van der Waals surface area contributed by atoms with E-state index in [1.807, 2.05) is 6.92 Å². The Morgan fingerprint density at radius 1 is 1.36 bits per heavy atom. The van der Waals surface area contributed by atoms with Crippen LogP contribution in [0.15, 0.2) is 18.5 Å². The second kappa shape index (κ2) is 11.3. The van der Waals surface area contributed by atoms with Crippen molar-refractivity contribution in [2.24, 2.45) is 11.7 Å². The Hall–Kier alpha value is -1.31. The van der Waals surface area contributed by atoms with Gasteiger partial charge in [-0.25, -0.2) is 0 Å². The number of nitrogens with two attached hydrogens (primary N) is 1. The molecule has 0 bridgehead atoms. The van der Waals surface area contributed by atoms with Crippen LogP contribution in [0.4, 0.5) is 0 Å². The van der Waals surface area contributed by atoms with E-state index in [9.17, 15) is 9.59 Å². The summed E-state index contributed by atoms with van der Waals surface area (Å²) in [5.74, 6) is -0.118. The van der Waals surface area contributed by atoms with Gasteiger partial charge in [0.2, 0.25) is 11.8 Å². The Labute approximate surface area is 143 Å². The summed E-state index contributed by atoms with van der Waals surface area (Å²) in [5.41, 5.74) is 5.48. The van der Waals surface area contributed by atoms with Crippen LogP contribution >= 0.6 is 24.8 Å². The van der Waals surface area contributed by atoms with Gasteiger partial charge in [-0.15, -0.1) is 24.8 Å². The standard InChI is InChI=1S/C13H23N5O2.2ClH/c1-10(7-14)8-15-12(19)9-17(3)13(20)11(2)18-6-4-5-16-18;;/h4-6,10-11H,7-9,14H2,1-3H3,(H,15,19);2*1H. The largest absolute Gasteiger partial charge is 0.354 e. The summed E-state index contributed by atoms with van der Waals surface area (Å²) in [6.45, 7) is 4.77. The first-order chi connectivity index (χ1) is 9.45. The minimum atomic E-state index is -0.425. The van der Waals surface area contributed by atoms with E-state index in [0.29, 0.717) is 13.1 Å². The Kier molecular flexibility index (Phi) is 11.8. The molecular formula is C13H25Cl2N5O2. The Balaban J connectivity index is 0. The van der Waals surface area contributed by atoms with Crippen LogP contribution in [-0.2, 0) is 9.59 Å². The molecule has 1 rings (SSSR count). The number of carbonyl (C=O) groups excluding carboxylic acids is 2. The third-order valence-corrected chi connectivity index (χ3v) is 3.09. The minimum Gasteiger partial charge on any atom is -0.354 e. The predicted molar refractivity (Wildman–Crippen MR) is 90.3 cm³/mol. The summed E-state index contributed by atoms with van der Waals surface area (Å²) in [4.78, 5) is 25.3. The molecule has 2 atom stereocenters. The number of hydrogen-bond acceptors (Lipinski definition) is 4. The number of carbonyl (C=O) groups is 2. The molecule has 22 heavy (non-hydrogen) atoms. The molecule has 0 fully saturated rings. The van der Waals surface area contributed by atoms with Gasteiger partial charge >= 0.3 is 0 Å². The molecule has 0 aliphatic rings. The molecule has 128 valence electrons. The maximum Gasteiger partial charge on any atom is 0.247 e. The highest BCUT2D eigenvalue weighted by atomic mass is 35.5. The van der Waals surface area contributed by atoms with Gasteiger partial charge in [0.15, 0.2) is 0 Å². The SMILES string of the molecule is CC(CN)CNC(=O)CN(C)C(=O)C(C)n1cccn1.Cl.Cl. The van der Waals surface area contributed by atoms with Gasteiger partial charge in [0.25, 0.3) is 0 Å². The van der Waals surface area contributed by atoms with Gasteiger partial charge in [0.1, 0.15) is 6.04 Å². The molecule has 0 saturated carbocycles. The van der Waals surface area contributed by atoms with Gasteiger partial charge in [0.05, 0.1) is 6.54 Å². The highest BCUT2D eigenvalue weighted by molar-refractivity contribution is 5.86. The molecule has 1 heterocycles. The van der Waals surface area contributed by atoms with Crippen LogP contribution in [0.2, 0.25) is 0 Å². The van der Waals surface area contributed by atoms with Crippen molar-refractivity contribution in [3.8, 4) is 0 Å². The summed E-state index contributed by atoms with van der Waals surface area (Å²) in [7, 11) is 1.61. The average Bonchev–Trinajstić information content (AvgIpc) is 2.96. The van der Waals surface area contributed by atoms with Crippen molar-refractivity contribution < 1.29 is 9.59 Å². The van der Waals surface area contributed by atoms with Crippen LogP contribution in [0.25, 0.3) is 0 Å². The molecule has 1 aromatic rings. The van der Waals surface area contributed by atoms with E-state index in [0.717, 1.165) is 0 Å². The van der Waals surface area contributed by atoms with E-state index in [1.165, 1.54) is 4.90 Å². The molecule has 2 amide bonds. The normalized spacial score (nSPS) is 12.4. The van der Waals surface area contributed by atoms with E-state index >= 15 is 0 Å². The van der Waals surface area contributed by atoms with Crippen LogP contribution in [0.1, 0.15) is 19.9 Å². The van der Waals surface area contributed by atoms with E-state index < -0.39 is 6.04 Å². The van der Waals surface area contributed by atoms with Crippen molar-refractivity contribution in [3.05, 3.63) is 18.5 Å². The fourth-order valence-electron chi connectivity index (χ4n) is 1.66. The highest BCUT2D eigenvalue weighted by Crippen LogP contribution is 2.06. The lowest BCUT2D eigenvalue weighted by Gasteiger charge is -2.21. The van der Waals surface area contributed by atoms with Gasteiger partial charge in [-0.05, 0) is 25.5 Å². The first kappa shape index (κ1) is 23.0. The van der Waals surface area contributed by atoms with E-state index in [4.69, 9.17) is 5.73 Å². The summed E-state index contributed by atoms with van der Waals surface area (Å²) in [5, 5.41) is 6.78. The molecule has 9 heteroatoms. The number of nitrogens with zero attached hydrogens (tertiary/aromatic N) is 3. The number of nitrogens with one attached hydrogen (secondary N) is 1. The molecule has 2 unspecified atom stereocenters. The van der Waals surface area contributed by atoms with Gasteiger partial charge in [-0.2, -0.15) is 5.10 Å². The predicted octanol–water partition coefficient (Wildman–Crippen LogP) is 0.457. The zero-order valence-electron chi connectivity index (χ0n) is 13.1.